The molecule has 1 heterocycles. The van der Waals surface area contributed by atoms with E-state index in [1.165, 1.54) is 11.1 Å². The molecule has 0 aliphatic carbocycles. The van der Waals surface area contributed by atoms with Crippen molar-refractivity contribution in [2.75, 3.05) is 14.2 Å². The molecule has 0 bridgehead atoms. The Morgan fingerprint density at radius 2 is 1.68 bits per heavy atom. The van der Waals surface area contributed by atoms with Crippen LogP contribution in [0.5, 0.6) is 5.75 Å². The highest BCUT2D eigenvalue weighted by Gasteiger charge is 2.11. The Morgan fingerprint density at radius 1 is 1.03 bits per heavy atom. The Balaban J connectivity index is 1.74. The summed E-state index contributed by atoms with van der Waals surface area (Å²) >= 11 is 0. The highest BCUT2D eigenvalue weighted by atomic mass is 16.5. The van der Waals surface area contributed by atoms with Crippen molar-refractivity contribution in [2.24, 2.45) is 12.0 Å². The van der Waals surface area contributed by atoms with Crippen LogP contribution in [0.25, 0.3) is 0 Å². The van der Waals surface area contributed by atoms with Gasteiger partial charge in [-0.15, -0.1) is 10.2 Å². The molecule has 7 nitrogen and oxygen atoms in total. The van der Waals surface area contributed by atoms with Crippen LogP contribution < -0.4 is 10.1 Å². The average Bonchev–Trinajstić information content (AvgIpc) is 3.12. The fourth-order valence-corrected chi connectivity index (χ4v) is 3.20. The van der Waals surface area contributed by atoms with Crippen LogP contribution in [0.4, 0.5) is 0 Å². The zero-order valence-corrected chi connectivity index (χ0v) is 19.1. The number of aliphatic imine (C=N–C) groups is 1. The lowest BCUT2D eigenvalue weighted by atomic mass is 10.1. The third kappa shape index (κ3) is 6.07. The van der Waals surface area contributed by atoms with E-state index in [-0.39, 0.29) is 0 Å². The quantitative estimate of drug-likeness (QED) is 0.446. The van der Waals surface area contributed by atoms with Crippen molar-refractivity contribution in [3.8, 4) is 5.75 Å². The number of aryl methyl sites for hydroxylation is 2. The molecule has 0 saturated carbocycles. The minimum absolute atomic E-state index is 0.553. The molecule has 0 atom stereocenters. The first-order valence-corrected chi connectivity index (χ1v) is 10.5. The number of hydrogen-bond donors (Lipinski definition) is 1. The van der Waals surface area contributed by atoms with Crippen molar-refractivity contribution < 1.29 is 4.74 Å². The third-order valence-electron chi connectivity index (χ3n) is 5.37. The van der Waals surface area contributed by atoms with Gasteiger partial charge in [-0.05, 0) is 42.2 Å². The van der Waals surface area contributed by atoms with E-state index in [0.717, 1.165) is 41.9 Å². The molecule has 7 heteroatoms. The maximum absolute atomic E-state index is 5.24. The minimum atomic E-state index is 0.553. The lowest BCUT2D eigenvalue weighted by Gasteiger charge is -2.23. The van der Waals surface area contributed by atoms with Crippen molar-refractivity contribution in [1.29, 1.82) is 0 Å². The first kappa shape index (κ1) is 22.3. The number of rotatable bonds is 8. The molecule has 3 aromatic rings. The predicted molar refractivity (Wildman–Crippen MR) is 124 cm³/mol. The summed E-state index contributed by atoms with van der Waals surface area (Å²) in [5, 5.41) is 11.8. The van der Waals surface area contributed by atoms with Crippen LogP contribution in [0.1, 0.15) is 35.3 Å². The second-order valence-corrected chi connectivity index (χ2v) is 7.59. The van der Waals surface area contributed by atoms with E-state index < -0.39 is 0 Å². The Morgan fingerprint density at radius 3 is 2.26 bits per heavy atom. The molecule has 0 radical (unpaired) electrons. The van der Waals surface area contributed by atoms with E-state index in [9.17, 15) is 0 Å². The van der Waals surface area contributed by atoms with Gasteiger partial charge in [0.2, 0.25) is 0 Å². The number of methoxy groups -OCH3 is 1. The number of nitrogens with zero attached hydrogens (tertiary/aromatic N) is 5. The molecule has 1 aromatic heterocycles. The van der Waals surface area contributed by atoms with Crippen LogP contribution in [0.15, 0.2) is 53.5 Å². The molecule has 0 aliphatic heterocycles. The van der Waals surface area contributed by atoms with Gasteiger partial charge in [-0.3, -0.25) is 0 Å². The summed E-state index contributed by atoms with van der Waals surface area (Å²) in [6, 6.07) is 16.7. The number of benzene rings is 2. The zero-order valence-electron chi connectivity index (χ0n) is 19.1. The van der Waals surface area contributed by atoms with Crippen LogP contribution >= 0.6 is 0 Å². The molecule has 31 heavy (non-hydrogen) atoms. The van der Waals surface area contributed by atoms with Gasteiger partial charge in [0.1, 0.15) is 11.6 Å². The lowest BCUT2D eigenvalue weighted by molar-refractivity contribution is 0.414. The van der Waals surface area contributed by atoms with Crippen LogP contribution in [0, 0.1) is 6.92 Å². The molecular weight excluding hydrogens is 388 g/mol. The SMILES string of the molecule is CCc1ccc(CN(C)C(=NCc2ccc(OC)cc2)NCc2nnc(C)n2C)cc1. The van der Waals surface area contributed by atoms with Crippen molar-refractivity contribution in [3.63, 3.8) is 0 Å². The third-order valence-corrected chi connectivity index (χ3v) is 5.37. The molecule has 0 aliphatic rings. The summed E-state index contributed by atoms with van der Waals surface area (Å²) in [6.07, 6.45) is 1.05. The van der Waals surface area contributed by atoms with Gasteiger partial charge in [0.25, 0.3) is 0 Å². The van der Waals surface area contributed by atoms with E-state index in [2.05, 4.69) is 58.7 Å². The summed E-state index contributed by atoms with van der Waals surface area (Å²) in [7, 11) is 5.69. The molecule has 0 unspecified atom stereocenters. The van der Waals surface area contributed by atoms with Crippen molar-refractivity contribution in [2.45, 2.75) is 39.9 Å². The summed E-state index contributed by atoms with van der Waals surface area (Å²) in [5.41, 5.74) is 3.71. The van der Waals surface area contributed by atoms with E-state index >= 15 is 0 Å². The molecular formula is C24H32N6O. The van der Waals surface area contributed by atoms with Crippen molar-refractivity contribution in [3.05, 3.63) is 76.9 Å². The highest BCUT2D eigenvalue weighted by molar-refractivity contribution is 5.79. The molecule has 1 N–H and O–H groups in total. The topological polar surface area (TPSA) is 67.6 Å². The zero-order chi connectivity index (χ0) is 22.2. The standard InChI is InChI=1S/C24H32N6O/c1-6-19-7-9-21(10-8-19)17-29(3)24(26-16-23-28-27-18(2)30(23)4)25-15-20-11-13-22(31-5)14-12-20/h7-14H,6,15-17H2,1-5H3,(H,25,26). The van der Waals surface area contributed by atoms with Gasteiger partial charge in [0.15, 0.2) is 11.8 Å². The lowest BCUT2D eigenvalue weighted by Crippen LogP contribution is -2.38. The first-order chi connectivity index (χ1) is 15.0. The predicted octanol–water partition coefficient (Wildman–Crippen LogP) is 3.47. The highest BCUT2D eigenvalue weighted by Crippen LogP contribution is 2.13. The molecule has 0 fully saturated rings. The van der Waals surface area contributed by atoms with Gasteiger partial charge < -0.3 is 19.5 Å². The fraction of sp³-hybridized carbons (Fsp3) is 0.375. The number of guanidine groups is 1. The van der Waals surface area contributed by atoms with Gasteiger partial charge in [-0.25, -0.2) is 4.99 Å². The summed E-state index contributed by atoms with van der Waals surface area (Å²) in [6.45, 7) is 6.00. The number of hydrogen-bond acceptors (Lipinski definition) is 4. The van der Waals surface area contributed by atoms with Gasteiger partial charge in [-0.2, -0.15) is 0 Å². The van der Waals surface area contributed by atoms with Crippen molar-refractivity contribution >= 4 is 5.96 Å². The number of aromatic nitrogens is 3. The van der Waals surface area contributed by atoms with Gasteiger partial charge in [-0.1, -0.05) is 43.3 Å². The first-order valence-electron chi connectivity index (χ1n) is 10.5. The van der Waals surface area contributed by atoms with Crippen LogP contribution in [0.2, 0.25) is 0 Å². The largest absolute Gasteiger partial charge is 0.497 e. The Labute approximate surface area is 184 Å². The molecule has 164 valence electrons. The van der Waals surface area contributed by atoms with E-state index in [0.29, 0.717) is 13.1 Å². The van der Waals surface area contributed by atoms with Gasteiger partial charge in [0, 0.05) is 20.6 Å². The summed E-state index contributed by atoms with van der Waals surface area (Å²) in [5.74, 6) is 3.42. The average molecular weight is 421 g/mol. The second kappa shape index (κ2) is 10.6. The number of ether oxygens (including phenoxy) is 1. The maximum atomic E-state index is 5.24. The minimum Gasteiger partial charge on any atom is -0.497 e. The van der Waals surface area contributed by atoms with Crippen LogP contribution in [0.3, 0.4) is 0 Å². The smallest absolute Gasteiger partial charge is 0.194 e. The molecule has 0 amide bonds. The normalized spacial score (nSPS) is 11.5. The molecule has 2 aromatic carbocycles. The summed E-state index contributed by atoms with van der Waals surface area (Å²) < 4.78 is 7.23. The maximum Gasteiger partial charge on any atom is 0.194 e. The Hall–Kier alpha value is -3.35. The molecule has 0 spiro atoms. The Kier molecular flexibility index (Phi) is 7.65. The van der Waals surface area contributed by atoms with Gasteiger partial charge >= 0.3 is 0 Å². The van der Waals surface area contributed by atoms with Crippen LogP contribution in [-0.4, -0.2) is 39.8 Å². The Bertz CT molecular complexity index is 992. The van der Waals surface area contributed by atoms with E-state index in [1.807, 2.05) is 42.8 Å². The van der Waals surface area contributed by atoms with Crippen LogP contribution in [-0.2, 0) is 33.1 Å². The van der Waals surface area contributed by atoms with E-state index in [1.54, 1.807) is 7.11 Å². The monoisotopic (exact) mass is 420 g/mol. The van der Waals surface area contributed by atoms with Gasteiger partial charge in [0.05, 0.1) is 20.2 Å². The van der Waals surface area contributed by atoms with Crippen molar-refractivity contribution in [1.82, 2.24) is 25.0 Å². The number of nitrogens with one attached hydrogen (secondary N) is 1. The summed E-state index contributed by atoms with van der Waals surface area (Å²) in [4.78, 5) is 7.00. The molecule has 0 saturated heterocycles. The fourth-order valence-electron chi connectivity index (χ4n) is 3.20. The second-order valence-electron chi connectivity index (χ2n) is 7.59. The van der Waals surface area contributed by atoms with E-state index in [4.69, 9.17) is 9.73 Å². The molecule has 3 rings (SSSR count).